The van der Waals surface area contributed by atoms with Crippen molar-refractivity contribution < 1.29 is 33.3 Å². The van der Waals surface area contributed by atoms with Crippen LogP contribution in [0.15, 0.2) is 61.1 Å². The summed E-state index contributed by atoms with van der Waals surface area (Å²) in [4.78, 5) is 51.9. The van der Waals surface area contributed by atoms with Crippen LogP contribution in [0.2, 0.25) is 0 Å². The summed E-state index contributed by atoms with van der Waals surface area (Å²) in [6, 6.07) is 12.8. The fourth-order valence-electron chi connectivity index (χ4n) is 5.85. The molecule has 1 saturated heterocycles. The van der Waals surface area contributed by atoms with E-state index in [2.05, 4.69) is 15.3 Å². The molecule has 4 bridgehead atoms. The summed E-state index contributed by atoms with van der Waals surface area (Å²) >= 11 is 0. The van der Waals surface area contributed by atoms with E-state index >= 15 is 0 Å². The first-order valence-corrected chi connectivity index (χ1v) is 16.1. The Balaban J connectivity index is 1.36. The lowest BCUT2D eigenvalue weighted by Gasteiger charge is -2.39. The SMILES string of the molecule is COCCCN1CC(=O)N[C@H]2CN(C(=O)CCc3cnccn3)CC[C@H]2OCc2cccc(c2)Oc2ccc(cc2OC)CCC1=O. The molecule has 3 aliphatic rings. The van der Waals surface area contributed by atoms with Crippen LogP contribution < -0.4 is 14.8 Å². The molecule has 0 aliphatic carbocycles. The third-order valence-electron chi connectivity index (χ3n) is 8.37. The summed E-state index contributed by atoms with van der Waals surface area (Å²) in [6.45, 7) is 1.82. The molecule has 3 aliphatic heterocycles. The standard InChI is InChI=1S/C35H43N5O7/c1-44-18-4-16-39-23-33(41)38-29-22-40(35(43)12-9-27-21-36-14-15-37-27)17-13-30(29)46-24-26-5-3-6-28(19-26)47-31-10-7-25(8-11-34(39)42)20-32(31)45-2/h3,5-7,10,14-15,19-21,29-30H,4,8-9,11-13,16-18,22-24H2,1-2H3,(H,38,41)/t29-,30+/m0/s1. The zero-order valence-electron chi connectivity index (χ0n) is 27.1. The number of hydrogen-bond acceptors (Lipinski definition) is 9. The number of methoxy groups -OCH3 is 2. The highest BCUT2D eigenvalue weighted by Crippen LogP contribution is 2.33. The lowest BCUT2D eigenvalue weighted by molar-refractivity contribution is -0.139. The van der Waals surface area contributed by atoms with E-state index in [1.54, 1.807) is 42.6 Å². The number of ether oxygens (including phenoxy) is 4. The van der Waals surface area contributed by atoms with Gasteiger partial charge in [-0.25, -0.2) is 0 Å². The molecule has 0 radical (unpaired) electrons. The topological polar surface area (TPSA) is 132 Å². The molecule has 0 spiro atoms. The van der Waals surface area contributed by atoms with Crippen LogP contribution in [-0.2, 0) is 43.3 Å². The normalized spacial score (nSPS) is 19.1. The molecule has 12 nitrogen and oxygen atoms in total. The molecular formula is C35H43N5O7. The molecule has 1 aromatic heterocycles. The second kappa shape index (κ2) is 16.8. The van der Waals surface area contributed by atoms with Gasteiger partial charge in [0.15, 0.2) is 11.5 Å². The molecule has 0 unspecified atom stereocenters. The molecule has 250 valence electrons. The van der Waals surface area contributed by atoms with Crippen molar-refractivity contribution in [1.29, 1.82) is 0 Å². The van der Waals surface area contributed by atoms with Crippen molar-refractivity contribution in [2.45, 2.75) is 57.3 Å². The lowest BCUT2D eigenvalue weighted by Crippen LogP contribution is -2.58. The Kier molecular flexibility index (Phi) is 12.1. The first-order chi connectivity index (χ1) is 22.9. The van der Waals surface area contributed by atoms with E-state index in [4.69, 9.17) is 18.9 Å². The molecule has 2 atom stereocenters. The molecule has 47 heavy (non-hydrogen) atoms. The zero-order valence-corrected chi connectivity index (χ0v) is 27.1. The van der Waals surface area contributed by atoms with E-state index in [1.165, 1.54) is 0 Å². The van der Waals surface area contributed by atoms with Gasteiger partial charge >= 0.3 is 0 Å². The quantitative estimate of drug-likeness (QED) is 0.367. The fraction of sp³-hybridized carbons (Fsp3) is 0.457. The number of amides is 3. The molecule has 3 amide bonds. The van der Waals surface area contributed by atoms with Gasteiger partial charge in [0.25, 0.3) is 0 Å². The van der Waals surface area contributed by atoms with Gasteiger partial charge in [0, 0.05) is 64.8 Å². The lowest BCUT2D eigenvalue weighted by atomic mass is 10.0. The maximum atomic E-state index is 13.5. The minimum atomic E-state index is -0.464. The van der Waals surface area contributed by atoms with Crippen molar-refractivity contribution >= 4 is 17.7 Å². The molecular weight excluding hydrogens is 602 g/mol. The molecule has 1 N–H and O–H groups in total. The zero-order chi connectivity index (χ0) is 33.0. The van der Waals surface area contributed by atoms with Crippen LogP contribution in [0, 0.1) is 0 Å². The Morgan fingerprint density at radius 3 is 2.79 bits per heavy atom. The Bertz CT molecular complexity index is 1500. The van der Waals surface area contributed by atoms with E-state index in [-0.39, 0.29) is 49.8 Å². The number of nitrogens with zero attached hydrogens (tertiary/aromatic N) is 4. The smallest absolute Gasteiger partial charge is 0.239 e. The average Bonchev–Trinajstić information content (AvgIpc) is 3.09. The van der Waals surface area contributed by atoms with Gasteiger partial charge in [0.1, 0.15) is 5.75 Å². The number of piperidine rings is 1. The number of aryl methyl sites for hydroxylation is 2. The molecule has 4 heterocycles. The van der Waals surface area contributed by atoms with Crippen molar-refractivity contribution in [2.24, 2.45) is 0 Å². The number of benzene rings is 2. The van der Waals surface area contributed by atoms with Gasteiger partial charge in [-0.15, -0.1) is 0 Å². The number of nitrogens with one attached hydrogen (secondary N) is 1. The van der Waals surface area contributed by atoms with Crippen molar-refractivity contribution in [3.8, 4) is 17.2 Å². The fourth-order valence-corrected chi connectivity index (χ4v) is 5.85. The van der Waals surface area contributed by atoms with Crippen molar-refractivity contribution in [3.63, 3.8) is 0 Å². The second-order valence-corrected chi connectivity index (χ2v) is 11.7. The largest absolute Gasteiger partial charge is 0.493 e. The Hall–Kier alpha value is -4.55. The number of hydrogen-bond donors (Lipinski definition) is 1. The van der Waals surface area contributed by atoms with Gasteiger partial charge in [0.2, 0.25) is 17.7 Å². The number of carbonyl (C=O) groups is 3. The monoisotopic (exact) mass is 645 g/mol. The summed E-state index contributed by atoms with van der Waals surface area (Å²) in [7, 11) is 3.19. The van der Waals surface area contributed by atoms with Crippen molar-refractivity contribution in [3.05, 3.63) is 77.9 Å². The van der Waals surface area contributed by atoms with E-state index in [9.17, 15) is 14.4 Å². The summed E-state index contributed by atoms with van der Waals surface area (Å²) < 4.78 is 23.4. The van der Waals surface area contributed by atoms with Gasteiger partial charge < -0.3 is 34.1 Å². The van der Waals surface area contributed by atoms with Crippen LogP contribution in [0.25, 0.3) is 0 Å². The van der Waals surface area contributed by atoms with Crippen molar-refractivity contribution in [1.82, 2.24) is 25.1 Å². The van der Waals surface area contributed by atoms with Gasteiger partial charge in [-0.2, -0.15) is 0 Å². The van der Waals surface area contributed by atoms with Crippen LogP contribution in [0.5, 0.6) is 17.2 Å². The maximum absolute atomic E-state index is 13.5. The number of aromatic nitrogens is 2. The highest BCUT2D eigenvalue weighted by Gasteiger charge is 2.34. The third kappa shape index (κ3) is 9.72. The van der Waals surface area contributed by atoms with Crippen LogP contribution in [0.4, 0.5) is 0 Å². The average molecular weight is 646 g/mol. The summed E-state index contributed by atoms with van der Waals surface area (Å²) in [6.07, 6.45) is 7.10. The molecule has 6 rings (SSSR count). The summed E-state index contributed by atoms with van der Waals surface area (Å²) in [5.41, 5.74) is 2.56. The third-order valence-corrected chi connectivity index (χ3v) is 8.37. The molecule has 0 saturated carbocycles. The minimum absolute atomic E-state index is 0.0256. The first kappa shape index (κ1) is 33.8. The van der Waals surface area contributed by atoms with Gasteiger partial charge in [-0.05, 0) is 61.1 Å². The van der Waals surface area contributed by atoms with E-state index in [1.807, 2.05) is 42.5 Å². The second-order valence-electron chi connectivity index (χ2n) is 11.7. The molecule has 1 fully saturated rings. The van der Waals surface area contributed by atoms with Crippen LogP contribution in [-0.4, -0.2) is 96.6 Å². The Labute approximate surface area is 275 Å². The number of rotatable bonds is 8. The minimum Gasteiger partial charge on any atom is -0.493 e. The molecule has 12 heteroatoms. The summed E-state index contributed by atoms with van der Waals surface area (Å²) in [5.74, 6) is 1.29. The Morgan fingerprint density at radius 2 is 1.98 bits per heavy atom. The van der Waals surface area contributed by atoms with Crippen LogP contribution in [0.3, 0.4) is 0 Å². The van der Waals surface area contributed by atoms with Gasteiger partial charge in [0.05, 0.1) is 38.1 Å². The Morgan fingerprint density at radius 1 is 1.09 bits per heavy atom. The van der Waals surface area contributed by atoms with E-state index in [0.717, 1.165) is 16.8 Å². The number of fused-ring (bicyclic) bond motifs is 9. The molecule has 2 aromatic carbocycles. The number of likely N-dealkylation sites (tertiary alicyclic amines) is 1. The van der Waals surface area contributed by atoms with Crippen molar-refractivity contribution in [2.75, 3.05) is 47.0 Å². The first-order valence-electron chi connectivity index (χ1n) is 16.1. The van der Waals surface area contributed by atoms with Crippen LogP contribution >= 0.6 is 0 Å². The summed E-state index contributed by atoms with van der Waals surface area (Å²) in [5, 5.41) is 3.10. The van der Waals surface area contributed by atoms with Gasteiger partial charge in [-0.3, -0.25) is 24.4 Å². The number of carbonyl (C=O) groups excluding carboxylic acids is 3. The highest BCUT2D eigenvalue weighted by atomic mass is 16.5. The predicted octanol–water partition coefficient (Wildman–Crippen LogP) is 3.32. The highest BCUT2D eigenvalue weighted by molar-refractivity contribution is 5.85. The maximum Gasteiger partial charge on any atom is 0.239 e. The van der Waals surface area contributed by atoms with E-state index < -0.39 is 6.04 Å². The van der Waals surface area contributed by atoms with Gasteiger partial charge in [-0.1, -0.05) is 18.2 Å². The van der Waals surface area contributed by atoms with E-state index in [0.29, 0.717) is 69.2 Å². The van der Waals surface area contributed by atoms with Crippen LogP contribution in [0.1, 0.15) is 42.5 Å². The molecule has 3 aromatic rings. The predicted molar refractivity (Wildman–Crippen MR) is 173 cm³/mol.